The van der Waals surface area contributed by atoms with Gasteiger partial charge >= 0.3 is 0 Å². The van der Waals surface area contributed by atoms with Crippen molar-refractivity contribution < 1.29 is 9.59 Å². The fourth-order valence-corrected chi connectivity index (χ4v) is 2.46. The van der Waals surface area contributed by atoms with Gasteiger partial charge in [-0.2, -0.15) is 0 Å². The van der Waals surface area contributed by atoms with Crippen molar-refractivity contribution in [3.05, 3.63) is 29.3 Å². The zero-order valence-corrected chi connectivity index (χ0v) is 12.2. The molecule has 0 saturated heterocycles. The van der Waals surface area contributed by atoms with Gasteiger partial charge in [-0.3, -0.25) is 9.59 Å². The Morgan fingerprint density at radius 2 is 2.00 bits per heavy atom. The number of hydrogen-bond donors (Lipinski definition) is 3. The summed E-state index contributed by atoms with van der Waals surface area (Å²) in [6.07, 6.45) is 2.43. The average Bonchev–Trinajstić information content (AvgIpc) is 2.78. The predicted molar refractivity (Wildman–Crippen MR) is 80.9 cm³/mol. The van der Waals surface area contributed by atoms with Crippen molar-refractivity contribution in [1.82, 2.24) is 0 Å². The van der Waals surface area contributed by atoms with Gasteiger partial charge in [0.2, 0.25) is 11.8 Å². The van der Waals surface area contributed by atoms with Crippen molar-refractivity contribution in [2.24, 2.45) is 17.4 Å². The number of nitrogens with two attached hydrogens (primary N) is 2. The molecule has 2 rings (SSSR count). The number of nitrogens with one attached hydrogen (secondary N) is 1. The Morgan fingerprint density at radius 1 is 1.30 bits per heavy atom. The van der Waals surface area contributed by atoms with Gasteiger partial charge < -0.3 is 16.8 Å². The first-order chi connectivity index (χ1) is 8.97. The lowest BCUT2D eigenvalue weighted by molar-refractivity contribution is -0.119. The number of amides is 2. The van der Waals surface area contributed by atoms with E-state index in [1.807, 2.05) is 6.92 Å². The van der Waals surface area contributed by atoms with Crippen molar-refractivity contribution in [3.63, 3.8) is 0 Å². The van der Waals surface area contributed by atoms with E-state index in [9.17, 15) is 9.59 Å². The molecule has 1 aromatic carbocycles. The molecule has 5 nitrogen and oxygen atoms in total. The Labute approximate surface area is 124 Å². The van der Waals surface area contributed by atoms with E-state index in [-0.39, 0.29) is 30.3 Å². The highest BCUT2D eigenvalue weighted by Gasteiger charge is 2.27. The summed E-state index contributed by atoms with van der Waals surface area (Å²) in [4.78, 5) is 23.3. The van der Waals surface area contributed by atoms with Crippen LogP contribution in [-0.2, 0) is 4.79 Å². The van der Waals surface area contributed by atoms with Gasteiger partial charge in [-0.25, -0.2) is 0 Å². The second-order valence-corrected chi connectivity index (χ2v) is 5.15. The van der Waals surface area contributed by atoms with Crippen molar-refractivity contribution in [3.8, 4) is 0 Å². The lowest BCUT2D eigenvalue weighted by Gasteiger charge is -2.12. The minimum atomic E-state index is -0.489. The number of aryl methyl sites for hydroxylation is 1. The second-order valence-electron chi connectivity index (χ2n) is 5.15. The summed E-state index contributed by atoms with van der Waals surface area (Å²) < 4.78 is 0. The van der Waals surface area contributed by atoms with Gasteiger partial charge in [0.1, 0.15) is 0 Å². The third kappa shape index (κ3) is 3.71. The second kappa shape index (κ2) is 6.72. The minimum absolute atomic E-state index is 0. The van der Waals surface area contributed by atoms with Crippen LogP contribution in [0.15, 0.2) is 18.2 Å². The summed E-state index contributed by atoms with van der Waals surface area (Å²) >= 11 is 0. The number of benzene rings is 1. The smallest absolute Gasteiger partial charge is 0.249 e. The first-order valence-corrected chi connectivity index (χ1v) is 6.44. The predicted octanol–water partition coefficient (Wildman–Crippen LogP) is 1.58. The summed E-state index contributed by atoms with van der Waals surface area (Å²) in [5, 5.41) is 2.82. The topological polar surface area (TPSA) is 98.2 Å². The van der Waals surface area contributed by atoms with E-state index >= 15 is 0 Å². The third-order valence-electron chi connectivity index (χ3n) is 3.61. The summed E-state index contributed by atoms with van der Waals surface area (Å²) in [5.41, 5.74) is 12.9. The van der Waals surface area contributed by atoms with Gasteiger partial charge in [0, 0.05) is 23.2 Å². The Kier molecular flexibility index (Phi) is 5.53. The average molecular weight is 298 g/mol. The quantitative estimate of drug-likeness (QED) is 0.790. The largest absolute Gasteiger partial charge is 0.366 e. The van der Waals surface area contributed by atoms with E-state index in [2.05, 4.69) is 5.32 Å². The van der Waals surface area contributed by atoms with Crippen LogP contribution in [0.2, 0.25) is 0 Å². The van der Waals surface area contributed by atoms with Crippen LogP contribution >= 0.6 is 12.4 Å². The van der Waals surface area contributed by atoms with Gasteiger partial charge in [-0.05, 0) is 43.9 Å². The first-order valence-electron chi connectivity index (χ1n) is 6.44. The molecule has 2 amide bonds. The molecule has 0 radical (unpaired) electrons. The summed E-state index contributed by atoms with van der Waals surface area (Å²) in [7, 11) is 0. The molecule has 0 bridgehead atoms. The van der Waals surface area contributed by atoms with Gasteiger partial charge in [-0.15, -0.1) is 12.4 Å². The monoisotopic (exact) mass is 297 g/mol. The maximum absolute atomic E-state index is 12.0. The molecular weight excluding hydrogens is 278 g/mol. The molecule has 2 atom stereocenters. The molecule has 0 heterocycles. The Balaban J connectivity index is 0.00000200. The van der Waals surface area contributed by atoms with Gasteiger partial charge in [0.25, 0.3) is 0 Å². The van der Waals surface area contributed by atoms with Crippen molar-refractivity contribution in [1.29, 1.82) is 0 Å². The molecule has 2 unspecified atom stereocenters. The van der Waals surface area contributed by atoms with E-state index in [4.69, 9.17) is 11.5 Å². The lowest BCUT2D eigenvalue weighted by Crippen LogP contribution is -2.23. The van der Waals surface area contributed by atoms with E-state index in [0.29, 0.717) is 11.3 Å². The van der Waals surface area contributed by atoms with Crippen LogP contribution in [0, 0.1) is 12.8 Å². The number of primary amides is 1. The van der Waals surface area contributed by atoms with Crippen LogP contribution in [0.3, 0.4) is 0 Å². The van der Waals surface area contributed by atoms with E-state index < -0.39 is 5.91 Å². The molecule has 0 aliphatic heterocycles. The number of carbonyl (C=O) groups excluding carboxylic acids is 2. The van der Waals surface area contributed by atoms with Gasteiger partial charge in [0.15, 0.2) is 0 Å². The lowest BCUT2D eigenvalue weighted by atomic mass is 10.1. The summed E-state index contributed by atoms with van der Waals surface area (Å²) in [6, 6.07) is 5.28. The van der Waals surface area contributed by atoms with E-state index in [0.717, 1.165) is 24.8 Å². The number of rotatable bonds is 3. The number of anilines is 1. The number of halogens is 1. The van der Waals surface area contributed by atoms with Crippen molar-refractivity contribution in [2.75, 3.05) is 5.32 Å². The summed E-state index contributed by atoms with van der Waals surface area (Å²) in [6.45, 7) is 1.81. The fourth-order valence-electron chi connectivity index (χ4n) is 2.46. The molecule has 20 heavy (non-hydrogen) atoms. The highest BCUT2D eigenvalue weighted by Crippen LogP contribution is 2.25. The third-order valence-corrected chi connectivity index (χ3v) is 3.61. The zero-order chi connectivity index (χ0) is 14.0. The molecule has 6 heteroatoms. The molecular formula is C14H20ClN3O2. The van der Waals surface area contributed by atoms with Crippen LogP contribution in [0.5, 0.6) is 0 Å². The van der Waals surface area contributed by atoms with Gasteiger partial charge in [-0.1, -0.05) is 6.07 Å². The molecule has 1 fully saturated rings. The highest BCUT2D eigenvalue weighted by molar-refractivity contribution is 5.98. The van der Waals surface area contributed by atoms with Gasteiger partial charge in [0.05, 0.1) is 0 Å². The van der Waals surface area contributed by atoms with Crippen molar-refractivity contribution >= 4 is 29.9 Å². The maximum Gasteiger partial charge on any atom is 0.249 e. The summed E-state index contributed by atoms with van der Waals surface area (Å²) in [5.74, 6) is -0.558. The maximum atomic E-state index is 12.0. The standard InChI is InChI=1S/C14H19N3O2.ClH/c1-8-2-5-11(7-12(8)13(16)18)17-14(19)9-3-4-10(15)6-9;/h2,5,7,9-10H,3-4,6,15H2,1H3,(H2,16,18)(H,17,19);1H. The van der Waals surface area contributed by atoms with Crippen LogP contribution in [-0.4, -0.2) is 17.9 Å². The minimum Gasteiger partial charge on any atom is -0.366 e. The molecule has 0 aromatic heterocycles. The molecule has 1 aromatic rings. The first kappa shape index (κ1) is 16.5. The number of carbonyl (C=O) groups is 2. The fraction of sp³-hybridized carbons (Fsp3) is 0.429. The van der Waals surface area contributed by atoms with Crippen LogP contribution in [0.4, 0.5) is 5.69 Å². The Hall–Kier alpha value is -1.59. The Bertz CT molecular complexity index is 519. The molecule has 110 valence electrons. The van der Waals surface area contributed by atoms with Crippen LogP contribution in [0.25, 0.3) is 0 Å². The number of hydrogen-bond acceptors (Lipinski definition) is 3. The molecule has 0 spiro atoms. The SMILES string of the molecule is Cc1ccc(NC(=O)C2CCC(N)C2)cc1C(N)=O.Cl. The molecule has 5 N–H and O–H groups in total. The van der Waals surface area contributed by atoms with Crippen molar-refractivity contribution in [2.45, 2.75) is 32.2 Å². The Morgan fingerprint density at radius 3 is 2.55 bits per heavy atom. The van der Waals surface area contributed by atoms with E-state index in [1.54, 1.807) is 18.2 Å². The highest BCUT2D eigenvalue weighted by atomic mass is 35.5. The van der Waals surface area contributed by atoms with Crippen LogP contribution < -0.4 is 16.8 Å². The molecule has 1 aliphatic carbocycles. The zero-order valence-electron chi connectivity index (χ0n) is 11.4. The molecule has 1 aliphatic rings. The normalized spacial score (nSPS) is 21.1. The van der Waals surface area contributed by atoms with Crippen LogP contribution in [0.1, 0.15) is 35.2 Å². The van der Waals surface area contributed by atoms with E-state index in [1.165, 1.54) is 0 Å². The molecule has 1 saturated carbocycles.